The van der Waals surface area contributed by atoms with Gasteiger partial charge in [0.15, 0.2) is 6.61 Å². The molecule has 0 heterocycles. The molecule has 38 heavy (non-hydrogen) atoms. The third-order valence-electron chi connectivity index (χ3n) is 5.12. The number of hydrogen-bond acceptors (Lipinski definition) is 9. The maximum absolute atomic E-state index is 12.7. The first-order valence-corrected chi connectivity index (χ1v) is 12.1. The molecule has 1 aromatic carbocycles. The fourth-order valence-corrected chi connectivity index (χ4v) is 2.89. The highest BCUT2D eigenvalue weighted by atomic mass is 16.5. The van der Waals surface area contributed by atoms with Gasteiger partial charge in [0.1, 0.15) is 24.6 Å². The Bertz CT molecular complexity index is 982. The van der Waals surface area contributed by atoms with E-state index in [-0.39, 0.29) is 42.7 Å². The van der Waals surface area contributed by atoms with Crippen molar-refractivity contribution in [3.8, 4) is 5.75 Å². The number of anilines is 1. The van der Waals surface area contributed by atoms with Crippen molar-refractivity contribution in [2.45, 2.75) is 53.5 Å². The normalized spacial score (nSPS) is 12.4. The summed E-state index contributed by atoms with van der Waals surface area (Å²) in [5.74, 6) is -3.71. The number of hydrogen-bond donors (Lipinski definition) is 5. The number of nitrogens with one attached hydrogen (secondary N) is 4. The molecule has 0 aliphatic heterocycles. The zero-order valence-corrected chi connectivity index (χ0v) is 22.6. The number of methoxy groups -OCH3 is 1. The van der Waals surface area contributed by atoms with Crippen LogP contribution in [0, 0.1) is 11.8 Å². The van der Waals surface area contributed by atoms with Crippen LogP contribution in [0.5, 0.6) is 5.75 Å². The van der Waals surface area contributed by atoms with Crippen molar-refractivity contribution in [3.05, 3.63) is 23.8 Å². The van der Waals surface area contributed by atoms with Crippen molar-refractivity contribution in [2.75, 3.05) is 32.1 Å². The minimum absolute atomic E-state index is 0.0512. The molecule has 2 atom stereocenters. The molecule has 2 unspecified atom stereocenters. The molecule has 0 bridgehead atoms. The number of carbonyl (C=O) groups excluding carboxylic acids is 4. The SMILES string of the molecule is COC(C)NCC(=O)NC(C(=O)NCC(=O)Nc1ccc(COC(=O)C(C)C)cc1OCC(=O)O)C(C)C. The van der Waals surface area contributed by atoms with E-state index in [9.17, 15) is 24.0 Å². The lowest BCUT2D eigenvalue weighted by Crippen LogP contribution is -2.53. The molecule has 13 heteroatoms. The Balaban J connectivity index is 2.80. The molecule has 0 saturated heterocycles. The maximum atomic E-state index is 12.7. The Morgan fingerprint density at radius 1 is 0.974 bits per heavy atom. The molecule has 0 radical (unpaired) electrons. The summed E-state index contributed by atoms with van der Waals surface area (Å²) in [5, 5.41) is 19.5. The third kappa shape index (κ3) is 12.0. The zero-order valence-electron chi connectivity index (χ0n) is 22.6. The van der Waals surface area contributed by atoms with Crippen LogP contribution in [0.15, 0.2) is 18.2 Å². The summed E-state index contributed by atoms with van der Waals surface area (Å²) < 4.78 is 15.5. The molecule has 0 fully saturated rings. The van der Waals surface area contributed by atoms with Gasteiger partial charge in [-0.3, -0.25) is 24.5 Å². The number of carboxylic acids is 1. The number of ether oxygens (including phenoxy) is 3. The molecule has 3 amide bonds. The summed E-state index contributed by atoms with van der Waals surface area (Å²) in [5.41, 5.74) is 0.687. The van der Waals surface area contributed by atoms with Crippen LogP contribution in [0.4, 0.5) is 5.69 Å². The van der Waals surface area contributed by atoms with Gasteiger partial charge in [-0.1, -0.05) is 33.8 Å². The Morgan fingerprint density at radius 2 is 1.66 bits per heavy atom. The molecule has 1 rings (SSSR count). The standard InChI is InChI=1S/C25H38N4O9/c1-14(2)23(29-21(31)10-26-16(5)36-6)24(34)27-11-20(30)28-18-8-7-17(12-38-25(35)15(3)4)9-19(18)37-13-22(32)33/h7-9,14-16,23,26H,10-13H2,1-6H3,(H,27,34)(H,28,30)(H,29,31)(H,32,33). The minimum atomic E-state index is -1.22. The second-order valence-corrected chi connectivity index (χ2v) is 9.09. The average molecular weight is 539 g/mol. The fourth-order valence-electron chi connectivity index (χ4n) is 2.89. The second-order valence-electron chi connectivity index (χ2n) is 9.09. The lowest BCUT2D eigenvalue weighted by molar-refractivity contribution is -0.148. The number of rotatable bonds is 16. The first kappa shape index (κ1) is 32.3. The van der Waals surface area contributed by atoms with Gasteiger partial charge in [0.05, 0.1) is 24.7 Å². The number of carbonyl (C=O) groups is 5. The number of esters is 1. The molecule has 13 nitrogen and oxygen atoms in total. The largest absolute Gasteiger partial charge is 0.480 e. The van der Waals surface area contributed by atoms with Crippen LogP contribution in [0.25, 0.3) is 0 Å². The Morgan fingerprint density at radius 3 is 2.24 bits per heavy atom. The van der Waals surface area contributed by atoms with Crippen LogP contribution in [0.3, 0.4) is 0 Å². The topological polar surface area (TPSA) is 181 Å². The van der Waals surface area contributed by atoms with Gasteiger partial charge in [0.25, 0.3) is 0 Å². The van der Waals surface area contributed by atoms with Gasteiger partial charge in [0, 0.05) is 7.11 Å². The van der Waals surface area contributed by atoms with Crippen LogP contribution in [0.1, 0.15) is 40.2 Å². The van der Waals surface area contributed by atoms with Crippen LogP contribution in [-0.2, 0) is 40.1 Å². The summed E-state index contributed by atoms with van der Waals surface area (Å²) in [6.45, 7) is 7.42. The van der Waals surface area contributed by atoms with Gasteiger partial charge in [-0.25, -0.2) is 4.79 Å². The molecule has 1 aromatic rings. The number of carboxylic acid groups (broad SMARTS) is 1. The highest BCUT2D eigenvalue weighted by molar-refractivity contribution is 5.97. The van der Waals surface area contributed by atoms with Gasteiger partial charge >= 0.3 is 11.9 Å². The maximum Gasteiger partial charge on any atom is 0.341 e. The predicted octanol–water partition coefficient (Wildman–Crippen LogP) is 0.627. The van der Waals surface area contributed by atoms with E-state index in [1.165, 1.54) is 19.2 Å². The molecule has 5 N–H and O–H groups in total. The first-order valence-electron chi connectivity index (χ1n) is 12.1. The quantitative estimate of drug-likeness (QED) is 0.148. The fraction of sp³-hybridized carbons (Fsp3) is 0.560. The van der Waals surface area contributed by atoms with Crippen molar-refractivity contribution in [2.24, 2.45) is 11.8 Å². The molecule has 212 valence electrons. The first-order chi connectivity index (χ1) is 17.8. The molecule has 0 aromatic heterocycles. The van der Waals surface area contributed by atoms with Crippen molar-refractivity contribution in [1.82, 2.24) is 16.0 Å². The van der Waals surface area contributed by atoms with Crippen molar-refractivity contribution in [1.29, 1.82) is 0 Å². The molecule has 0 saturated carbocycles. The van der Waals surface area contributed by atoms with Gasteiger partial charge in [-0.15, -0.1) is 0 Å². The van der Waals surface area contributed by atoms with E-state index in [1.807, 2.05) is 0 Å². The predicted molar refractivity (Wildman–Crippen MR) is 137 cm³/mol. The van der Waals surface area contributed by atoms with Gasteiger partial charge < -0.3 is 35.3 Å². The Labute approximate surface area is 222 Å². The van der Waals surface area contributed by atoms with E-state index in [4.69, 9.17) is 19.3 Å². The molecule has 0 aliphatic rings. The summed E-state index contributed by atoms with van der Waals surface area (Å²) in [7, 11) is 1.49. The minimum Gasteiger partial charge on any atom is -0.480 e. The molecule has 0 aliphatic carbocycles. The number of aliphatic carboxylic acids is 1. The molecular formula is C25H38N4O9. The lowest BCUT2D eigenvalue weighted by Gasteiger charge is -2.22. The van der Waals surface area contributed by atoms with Crippen LogP contribution >= 0.6 is 0 Å². The van der Waals surface area contributed by atoms with E-state index < -0.39 is 48.9 Å². The summed E-state index contributed by atoms with van der Waals surface area (Å²) in [4.78, 5) is 60.1. The van der Waals surface area contributed by atoms with E-state index in [0.29, 0.717) is 5.56 Å². The smallest absolute Gasteiger partial charge is 0.341 e. The number of amides is 3. The van der Waals surface area contributed by atoms with Crippen LogP contribution < -0.4 is 26.0 Å². The van der Waals surface area contributed by atoms with Crippen molar-refractivity contribution < 1.29 is 43.3 Å². The number of benzene rings is 1. The van der Waals surface area contributed by atoms with Gasteiger partial charge in [0.2, 0.25) is 17.7 Å². The van der Waals surface area contributed by atoms with Gasteiger partial charge in [-0.2, -0.15) is 0 Å². The van der Waals surface area contributed by atoms with Gasteiger partial charge in [-0.05, 0) is 30.5 Å². The zero-order chi connectivity index (χ0) is 28.8. The highest BCUT2D eigenvalue weighted by Crippen LogP contribution is 2.26. The Kier molecular flexibility index (Phi) is 13.8. The molecule has 0 spiro atoms. The van der Waals surface area contributed by atoms with E-state index >= 15 is 0 Å². The third-order valence-corrected chi connectivity index (χ3v) is 5.12. The average Bonchev–Trinajstić information content (AvgIpc) is 2.86. The van der Waals surface area contributed by atoms with E-state index in [2.05, 4.69) is 21.3 Å². The van der Waals surface area contributed by atoms with Crippen LogP contribution in [-0.4, -0.2) is 73.8 Å². The Hall–Kier alpha value is -3.71. The lowest BCUT2D eigenvalue weighted by atomic mass is 10.0. The second kappa shape index (κ2) is 16.2. The van der Waals surface area contributed by atoms with Crippen LogP contribution in [0.2, 0.25) is 0 Å². The summed E-state index contributed by atoms with van der Waals surface area (Å²) in [6.07, 6.45) is -0.343. The van der Waals surface area contributed by atoms with Crippen molar-refractivity contribution in [3.63, 3.8) is 0 Å². The molecular weight excluding hydrogens is 500 g/mol. The van der Waals surface area contributed by atoms with Crippen molar-refractivity contribution >= 4 is 35.3 Å². The summed E-state index contributed by atoms with van der Waals surface area (Å²) >= 11 is 0. The monoisotopic (exact) mass is 538 g/mol. The van der Waals surface area contributed by atoms with E-state index in [1.54, 1.807) is 40.7 Å². The highest BCUT2D eigenvalue weighted by Gasteiger charge is 2.24. The summed E-state index contributed by atoms with van der Waals surface area (Å²) in [6, 6.07) is 3.63. The van der Waals surface area contributed by atoms with E-state index in [0.717, 1.165) is 0 Å².